The van der Waals surface area contributed by atoms with E-state index >= 15 is 0 Å². The first kappa shape index (κ1) is 14.3. The van der Waals surface area contributed by atoms with Gasteiger partial charge in [0.15, 0.2) is 16.7 Å². The molecule has 3 rings (SSSR count). The minimum absolute atomic E-state index is 0.137. The predicted molar refractivity (Wildman–Crippen MR) is 85.3 cm³/mol. The topological polar surface area (TPSA) is 74.2 Å². The van der Waals surface area contributed by atoms with Gasteiger partial charge in [0.05, 0.1) is 10.2 Å². The summed E-state index contributed by atoms with van der Waals surface area (Å²) in [6.07, 6.45) is 0. The van der Waals surface area contributed by atoms with Crippen LogP contribution in [0.2, 0.25) is 0 Å². The van der Waals surface area contributed by atoms with Crippen molar-refractivity contribution in [3.63, 3.8) is 0 Å². The highest BCUT2D eigenvalue weighted by atomic mass is 32.1. The fraction of sp³-hybridized carbons (Fsp3) is 0.0667. The maximum atomic E-state index is 13.3. The minimum atomic E-state index is -0.695. The van der Waals surface area contributed by atoms with Gasteiger partial charge >= 0.3 is 0 Å². The number of hydrogen-bond donors (Lipinski definition) is 3. The Morgan fingerprint density at radius 1 is 1.23 bits per heavy atom. The second kappa shape index (κ2) is 5.61. The van der Waals surface area contributed by atoms with E-state index in [1.807, 2.05) is 6.07 Å². The second-order valence-electron chi connectivity index (χ2n) is 4.67. The Bertz CT molecular complexity index is 863. The number of aromatic nitrogens is 1. The number of carbonyl (C=O) groups excluding carboxylic acids is 1. The second-order valence-corrected chi connectivity index (χ2v) is 5.70. The molecular formula is C15H12FN3O2S. The number of halogens is 1. The molecule has 0 spiro atoms. The van der Waals surface area contributed by atoms with Gasteiger partial charge < -0.3 is 15.7 Å². The molecule has 7 heteroatoms. The molecule has 112 valence electrons. The fourth-order valence-electron chi connectivity index (χ4n) is 1.97. The average molecular weight is 317 g/mol. The zero-order valence-corrected chi connectivity index (χ0v) is 12.4. The molecule has 0 saturated carbocycles. The van der Waals surface area contributed by atoms with Gasteiger partial charge in [-0.3, -0.25) is 4.79 Å². The van der Waals surface area contributed by atoms with Gasteiger partial charge in [0.1, 0.15) is 0 Å². The Morgan fingerprint density at radius 3 is 2.73 bits per heavy atom. The average Bonchev–Trinajstić information content (AvgIpc) is 2.83. The number of aromatic hydroxyl groups is 1. The van der Waals surface area contributed by atoms with Gasteiger partial charge in [-0.15, -0.1) is 0 Å². The number of benzene rings is 2. The van der Waals surface area contributed by atoms with Gasteiger partial charge in [0, 0.05) is 24.4 Å². The number of phenolic OH excluding ortho intramolecular Hbond substituents is 1. The lowest BCUT2D eigenvalue weighted by Gasteiger charge is -2.02. The van der Waals surface area contributed by atoms with Gasteiger partial charge in [-0.2, -0.15) is 0 Å². The third-order valence-electron chi connectivity index (χ3n) is 2.91. The molecule has 0 aliphatic carbocycles. The summed E-state index contributed by atoms with van der Waals surface area (Å²) in [4.78, 5) is 15.5. The number of amides is 1. The van der Waals surface area contributed by atoms with E-state index in [2.05, 4.69) is 15.6 Å². The van der Waals surface area contributed by atoms with Gasteiger partial charge in [-0.1, -0.05) is 11.3 Å². The third kappa shape index (κ3) is 2.99. The zero-order valence-electron chi connectivity index (χ0n) is 11.6. The lowest BCUT2D eigenvalue weighted by Crippen LogP contribution is -2.05. The lowest BCUT2D eigenvalue weighted by atomic mass is 10.3. The number of thiazole rings is 1. The van der Waals surface area contributed by atoms with Crippen molar-refractivity contribution in [1.82, 2.24) is 4.98 Å². The molecule has 0 fully saturated rings. The summed E-state index contributed by atoms with van der Waals surface area (Å²) in [6, 6.07) is 9.45. The molecular weight excluding hydrogens is 305 g/mol. The largest absolute Gasteiger partial charge is 0.505 e. The van der Waals surface area contributed by atoms with Crippen molar-refractivity contribution in [1.29, 1.82) is 0 Å². The molecule has 1 aromatic heterocycles. The van der Waals surface area contributed by atoms with Crippen molar-refractivity contribution >= 4 is 44.0 Å². The molecule has 1 amide bonds. The highest BCUT2D eigenvalue weighted by Gasteiger charge is 2.07. The minimum Gasteiger partial charge on any atom is -0.505 e. The summed E-state index contributed by atoms with van der Waals surface area (Å²) in [7, 11) is 0. The van der Waals surface area contributed by atoms with Crippen molar-refractivity contribution in [2.75, 3.05) is 10.6 Å². The van der Waals surface area contributed by atoms with Crippen molar-refractivity contribution in [2.24, 2.45) is 0 Å². The molecule has 0 saturated heterocycles. The Hall–Kier alpha value is -2.67. The monoisotopic (exact) mass is 317 g/mol. The highest BCUT2D eigenvalue weighted by Crippen LogP contribution is 2.31. The fourth-order valence-corrected chi connectivity index (χ4v) is 2.89. The Morgan fingerprint density at radius 2 is 2.00 bits per heavy atom. The molecule has 0 atom stereocenters. The molecule has 2 aromatic carbocycles. The zero-order chi connectivity index (χ0) is 15.7. The number of fused-ring (bicyclic) bond motifs is 1. The predicted octanol–water partition coefficient (Wildman–Crippen LogP) is 3.84. The first-order chi connectivity index (χ1) is 10.5. The maximum Gasteiger partial charge on any atom is 0.221 e. The standard InChI is InChI=1S/C15H12FN3O2S/c1-8(20)17-10-2-4-12-14(7-10)22-15(19-12)18-9-3-5-13(21)11(16)6-9/h2-7,21H,1H3,(H,17,20)(H,18,19). The van der Waals surface area contributed by atoms with Crippen LogP contribution in [0.4, 0.5) is 20.9 Å². The maximum absolute atomic E-state index is 13.3. The summed E-state index contributed by atoms with van der Waals surface area (Å²) in [5.74, 6) is -1.23. The van der Waals surface area contributed by atoms with Crippen molar-refractivity contribution < 1.29 is 14.3 Å². The third-order valence-corrected chi connectivity index (χ3v) is 3.84. The van der Waals surface area contributed by atoms with Crippen LogP contribution in [0.15, 0.2) is 36.4 Å². The van der Waals surface area contributed by atoms with Crippen LogP contribution < -0.4 is 10.6 Å². The molecule has 0 aliphatic rings. The van der Waals surface area contributed by atoms with Crippen LogP contribution >= 0.6 is 11.3 Å². The first-order valence-corrected chi connectivity index (χ1v) is 7.26. The van der Waals surface area contributed by atoms with E-state index in [-0.39, 0.29) is 5.91 Å². The van der Waals surface area contributed by atoms with Gasteiger partial charge in [-0.25, -0.2) is 9.37 Å². The number of hydrogen-bond acceptors (Lipinski definition) is 5. The van der Waals surface area contributed by atoms with Crippen LogP contribution in [-0.2, 0) is 4.79 Å². The number of phenols is 1. The van der Waals surface area contributed by atoms with E-state index in [4.69, 9.17) is 0 Å². The van der Waals surface area contributed by atoms with Crippen LogP contribution in [0.1, 0.15) is 6.92 Å². The van der Waals surface area contributed by atoms with E-state index in [9.17, 15) is 14.3 Å². The normalized spacial score (nSPS) is 10.6. The molecule has 0 bridgehead atoms. The number of nitrogens with zero attached hydrogens (tertiary/aromatic N) is 1. The summed E-state index contributed by atoms with van der Waals surface area (Å²) < 4.78 is 14.2. The summed E-state index contributed by atoms with van der Waals surface area (Å²) in [5, 5.41) is 15.5. The lowest BCUT2D eigenvalue weighted by molar-refractivity contribution is -0.114. The molecule has 22 heavy (non-hydrogen) atoms. The van der Waals surface area contributed by atoms with Crippen molar-refractivity contribution in [2.45, 2.75) is 6.92 Å². The highest BCUT2D eigenvalue weighted by molar-refractivity contribution is 7.22. The number of carbonyl (C=O) groups is 1. The summed E-state index contributed by atoms with van der Waals surface area (Å²) >= 11 is 1.38. The van der Waals surface area contributed by atoms with Gasteiger partial charge in [0.25, 0.3) is 0 Å². The number of rotatable bonds is 3. The molecule has 1 heterocycles. The summed E-state index contributed by atoms with van der Waals surface area (Å²) in [5.41, 5.74) is 1.98. The van der Waals surface area contributed by atoms with E-state index in [0.29, 0.717) is 16.5 Å². The van der Waals surface area contributed by atoms with E-state index in [1.54, 1.807) is 18.2 Å². The number of anilines is 3. The van der Waals surface area contributed by atoms with Gasteiger partial charge in [0.2, 0.25) is 5.91 Å². The molecule has 0 unspecified atom stereocenters. The molecule has 3 aromatic rings. The molecule has 3 N–H and O–H groups in total. The van der Waals surface area contributed by atoms with Crippen LogP contribution in [0.5, 0.6) is 5.75 Å². The SMILES string of the molecule is CC(=O)Nc1ccc2nc(Nc3ccc(O)c(F)c3)sc2c1. The van der Waals surface area contributed by atoms with Crippen molar-refractivity contribution in [3.8, 4) is 5.75 Å². The van der Waals surface area contributed by atoms with Crippen LogP contribution in [0, 0.1) is 5.82 Å². The van der Waals surface area contributed by atoms with Gasteiger partial charge in [-0.05, 0) is 30.3 Å². The number of nitrogens with one attached hydrogen (secondary N) is 2. The van der Waals surface area contributed by atoms with E-state index in [0.717, 1.165) is 10.2 Å². The first-order valence-electron chi connectivity index (χ1n) is 6.45. The van der Waals surface area contributed by atoms with Crippen LogP contribution in [0.3, 0.4) is 0 Å². The van der Waals surface area contributed by atoms with E-state index < -0.39 is 11.6 Å². The molecule has 0 aliphatic heterocycles. The van der Waals surface area contributed by atoms with Crippen LogP contribution in [-0.4, -0.2) is 16.0 Å². The Balaban J connectivity index is 1.88. The van der Waals surface area contributed by atoms with Crippen molar-refractivity contribution in [3.05, 3.63) is 42.2 Å². The summed E-state index contributed by atoms with van der Waals surface area (Å²) in [6.45, 7) is 1.45. The smallest absolute Gasteiger partial charge is 0.221 e. The van der Waals surface area contributed by atoms with E-state index in [1.165, 1.54) is 30.4 Å². The molecule has 0 radical (unpaired) electrons. The van der Waals surface area contributed by atoms with Crippen LogP contribution in [0.25, 0.3) is 10.2 Å². The molecule has 5 nitrogen and oxygen atoms in total. The Labute approximate surface area is 129 Å². The quantitative estimate of drug-likeness (QED) is 0.642. The Kier molecular flexibility index (Phi) is 3.64.